The zero-order chi connectivity index (χ0) is 11.0. The second-order valence-corrected chi connectivity index (χ2v) is 6.94. The van der Waals surface area contributed by atoms with Gasteiger partial charge in [-0.3, -0.25) is 4.90 Å². The highest BCUT2D eigenvalue weighted by Gasteiger charge is 2.28. The molecule has 1 fully saturated rings. The van der Waals surface area contributed by atoms with E-state index in [2.05, 4.69) is 28.3 Å². The van der Waals surface area contributed by atoms with E-state index in [4.69, 9.17) is 0 Å². The van der Waals surface area contributed by atoms with Gasteiger partial charge in [-0.15, -0.1) is 23.1 Å². The van der Waals surface area contributed by atoms with Crippen LogP contribution in [-0.2, 0) is 0 Å². The second kappa shape index (κ2) is 4.69. The van der Waals surface area contributed by atoms with Crippen molar-refractivity contribution in [1.82, 2.24) is 9.80 Å². The minimum absolute atomic E-state index is 0.705. The van der Waals surface area contributed by atoms with Gasteiger partial charge in [-0.05, 0) is 30.5 Å². The Morgan fingerprint density at radius 1 is 1.25 bits per heavy atom. The minimum Gasteiger partial charge on any atom is -0.304 e. The molecule has 4 heteroatoms. The quantitative estimate of drug-likeness (QED) is 0.760. The first-order chi connectivity index (χ1) is 7.84. The van der Waals surface area contributed by atoms with E-state index in [1.807, 2.05) is 23.1 Å². The van der Waals surface area contributed by atoms with E-state index in [0.717, 1.165) is 0 Å². The number of nitrogens with zero attached hydrogens (tertiary/aromatic N) is 2. The average molecular weight is 254 g/mol. The molecule has 1 aromatic heterocycles. The minimum atomic E-state index is 0.705. The SMILES string of the molecule is CN1CCN(C2CCSc3sccc32)CC1. The molecule has 1 saturated heterocycles. The maximum absolute atomic E-state index is 2.69. The van der Waals surface area contributed by atoms with Crippen molar-refractivity contribution in [1.29, 1.82) is 0 Å². The van der Waals surface area contributed by atoms with Crippen LogP contribution in [0.25, 0.3) is 0 Å². The molecule has 0 aliphatic carbocycles. The lowest BCUT2D eigenvalue weighted by Crippen LogP contribution is -2.46. The zero-order valence-electron chi connectivity index (χ0n) is 9.69. The summed E-state index contributed by atoms with van der Waals surface area (Å²) < 4.78 is 1.56. The molecule has 0 spiro atoms. The van der Waals surface area contributed by atoms with Crippen LogP contribution in [0.5, 0.6) is 0 Å². The molecule has 16 heavy (non-hydrogen) atoms. The van der Waals surface area contributed by atoms with Gasteiger partial charge in [-0.2, -0.15) is 0 Å². The zero-order valence-corrected chi connectivity index (χ0v) is 11.3. The fraction of sp³-hybridized carbons (Fsp3) is 0.667. The Kier molecular flexibility index (Phi) is 3.25. The predicted octanol–water partition coefficient (Wildman–Crippen LogP) is 2.53. The summed E-state index contributed by atoms with van der Waals surface area (Å²) in [5.41, 5.74) is 1.60. The molecule has 0 aromatic carbocycles. The molecule has 2 nitrogen and oxygen atoms in total. The van der Waals surface area contributed by atoms with Gasteiger partial charge >= 0.3 is 0 Å². The van der Waals surface area contributed by atoms with Gasteiger partial charge in [0.1, 0.15) is 0 Å². The molecule has 0 saturated carbocycles. The number of thiophene rings is 1. The van der Waals surface area contributed by atoms with Gasteiger partial charge in [-0.25, -0.2) is 0 Å². The molecule has 1 atom stereocenters. The van der Waals surface area contributed by atoms with Crippen molar-refractivity contribution in [3.63, 3.8) is 0 Å². The second-order valence-electron chi connectivity index (χ2n) is 4.66. The van der Waals surface area contributed by atoms with Gasteiger partial charge in [0.05, 0.1) is 4.21 Å². The van der Waals surface area contributed by atoms with Crippen LogP contribution in [0.4, 0.5) is 0 Å². The summed E-state index contributed by atoms with van der Waals surface area (Å²) in [5.74, 6) is 1.30. The summed E-state index contributed by atoms with van der Waals surface area (Å²) in [6, 6.07) is 3.05. The third-order valence-electron chi connectivity index (χ3n) is 3.62. The highest BCUT2D eigenvalue weighted by Crippen LogP contribution is 2.42. The highest BCUT2D eigenvalue weighted by atomic mass is 32.2. The number of piperazine rings is 1. The Balaban J connectivity index is 1.77. The third kappa shape index (κ3) is 2.04. The smallest absolute Gasteiger partial charge is 0.0646 e. The fourth-order valence-corrected chi connectivity index (χ4v) is 4.87. The van der Waals surface area contributed by atoms with Crippen molar-refractivity contribution in [2.45, 2.75) is 16.7 Å². The first-order valence-electron chi connectivity index (χ1n) is 5.97. The molecule has 0 amide bonds. The molecular weight excluding hydrogens is 236 g/mol. The maximum atomic E-state index is 2.69. The van der Waals surface area contributed by atoms with Crippen LogP contribution in [0.3, 0.4) is 0 Å². The Morgan fingerprint density at radius 3 is 2.88 bits per heavy atom. The monoisotopic (exact) mass is 254 g/mol. The first kappa shape index (κ1) is 11.1. The largest absolute Gasteiger partial charge is 0.304 e. The standard InChI is InChI=1S/C12H18N2S2/c1-13-4-6-14(7-5-13)11-3-9-16-12-10(11)2-8-15-12/h2,8,11H,3-7,9H2,1H3. The number of hydrogen-bond acceptors (Lipinski definition) is 4. The topological polar surface area (TPSA) is 6.48 Å². The number of hydrogen-bond donors (Lipinski definition) is 0. The molecule has 2 aliphatic rings. The normalized spacial score (nSPS) is 27.9. The van der Waals surface area contributed by atoms with Gasteiger partial charge in [-0.1, -0.05) is 0 Å². The van der Waals surface area contributed by atoms with E-state index >= 15 is 0 Å². The van der Waals surface area contributed by atoms with Gasteiger partial charge in [0.25, 0.3) is 0 Å². The molecule has 0 bridgehead atoms. The maximum Gasteiger partial charge on any atom is 0.0646 e. The summed E-state index contributed by atoms with van der Waals surface area (Å²) >= 11 is 3.96. The van der Waals surface area contributed by atoms with Crippen molar-refractivity contribution in [2.75, 3.05) is 39.0 Å². The van der Waals surface area contributed by atoms with E-state index in [1.165, 1.54) is 38.4 Å². The van der Waals surface area contributed by atoms with E-state index in [-0.39, 0.29) is 0 Å². The molecular formula is C12H18N2S2. The van der Waals surface area contributed by atoms with E-state index in [9.17, 15) is 0 Å². The van der Waals surface area contributed by atoms with Crippen LogP contribution in [0.2, 0.25) is 0 Å². The van der Waals surface area contributed by atoms with Crippen molar-refractivity contribution >= 4 is 23.1 Å². The highest BCUT2D eigenvalue weighted by molar-refractivity contribution is 8.01. The Hall–Kier alpha value is -0.0300. The molecule has 2 aliphatic heterocycles. The molecule has 1 aromatic rings. The average Bonchev–Trinajstić information content (AvgIpc) is 2.78. The van der Waals surface area contributed by atoms with Crippen molar-refractivity contribution in [2.24, 2.45) is 0 Å². The van der Waals surface area contributed by atoms with Crippen LogP contribution in [-0.4, -0.2) is 48.8 Å². The first-order valence-corrected chi connectivity index (χ1v) is 7.84. The Morgan fingerprint density at radius 2 is 2.06 bits per heavy atom. The Bertz CT molecular complexity index is 356. The number of rotatable bonds is 1. The lowest BCUT2D eigenvalue weighted by molar-refractivity contribution is 0.108. The van der Waals surface area contributed by atoms with Crippen LogP contribution < -0.4 is 0 Å². The number of fused-ring (bicyclic) bond motifs is 1. The lowest BCUT2D eigenvalue weighted by atomic mass is 10.0. The molecule has 88 valence electrons. The van der Waals surface area contributed by atoms with Crippen LogP contribution in [0, 0.1) is 0 Å². The lowest BCUT2D eigenvalue weighted by Gasteiger charge is -2.39. The van der Waals surface area contributed by atoms with Gasteiger partial charge in [0, 0.05) is 38.0 Å². The van der Waals surface area contributed by atoms with Gasteiger partial charge in [0.15, 0.2) is 0 Å². The van der Waals surface area contributed by atoms with Crippen LogP contribution >= 0.6 is 23.1 Å². The summed E-state index contributed by atoms with van der Waals surface area (Å²) in [7, 11) is 2.23. The number of thioether (sulfide) groups is 1. The van der Waals surface area contributed by atoms with Gasteiger partial charge < -0.3 is 4.90 Å². The molecule has 1 unspecified atom stereocenters. The molecule has 0 N–H and O–H groups in total. The third-order valence-corrected chi connectivity index (χ3v) is 5.92. The molecule has 3 heterocycles. The van der Waals surface area contributed by atoms with Crippen LogP contribution in [0.15, 0.2) is 15.7 Å². The van der Waals surface area contributed by atoms with E-state index in [0.29, 0.717) is 6.04 Å². The Labute approximate surface area is 106 Å². The van der Waals surface area contributed by atoms with Crippen molar-refractivity contribution in [3.05, 3.63) is 17.0 Å². The number of likely N-dealkylation sites (N-methyl/N-ethyl adjacent to an activating group) is 1. The van der Waals surface area contributed by atoms with Crippen LogP contribution in [0.1, 0.15) is 18.0 Å². The molecule has 3 rings (SSSR count). The van der Waals surface area contributed by atoms with Gasteiger partial charge in [0.2, 0.25) is 0 Å². The summed E-state index contributed by atoms with van der Waals surface area (Å²) in [6.07, 6.45) is 1.33. The predicted molar refractivity (Wildman–Crippen MR) is 71.5 cm³/mol. The van der Waals surface area contributed by atoms with Crippen molar-refractivity contribution in [3.8, 4) is 0 Å². The summed E-state index contributed by atoms with van der Waals surface area (Å²) in [6.45, 7) is 4.93. The molecule has 0 radical (unpaired) electrons. The summed E-state index contributed by atoms with van der Waals surface area (Å²) in [5, 5.41) is 2.26. The fourth-order valence-electron chi connectivity index (χ4n) is 2.60. The summed E-state index contributed by atoms with van der Waals surface area (Å²) in [4.78, 5) is 5.12. The van der Waals surface area contributed by atoms with E-state index in [1.54, 1.807) is 9.77 Å². The van der Waals surface area contributed by atoms with Crippen molar-refractivity contribution < 1.29 is 0 Å². The van der Waals surface area contributed by atoms with E-state index < -0.39 is 0 Å².